The van der Waals surface area contributed by atoms with E-state index in [4.69, 9.17) is 0 Å². The Morgan fingerprint density at radius 2 is 2.10 bits per heavy atom. The minimum atomic E-state index is 0.202. The fourth-order valence-electron chi connectivity index (χ4n) is 2.20. The summed E-state index contributed by atoms with van der Waals surface area (Å²) in [6, 6.07) is 0.202. The molecule has 1 unspecified atom stereocenters. The number of thiophene rings is 1. The quantitative estimate of drug-likeness (QED) is 0.779. The molecule has 0 aliphatic heterocycles. The molecule has 4 nitrogen and oxygen atoms in total. The van der Waals surface area contributed by atoms with Crippen LogP contribution in [-0.4, -0.2) is 15.0 Å². The molecule has 0 fully saturated rings. The first-order valence-corrected chi connectivity index (χ1v) is 8.27. The standard InChI is InChI=1S/C14H16N4S2/c1-4-10(13-15-5-6-19-13)18-12-11-8(2)9(3)20-14(11)17-7-16-12/h5-7,10H,4H2,1-3H3,(H,16,17,18). The van der Waals surface area contributed by atoms with Crippen LogP contribution in [0.3, 0.4) is 0 Å². The van der Waals surface area contributed by atoms with Gasteiger partial charge < -0.3 is 5.32 Å². The van der Waals surface area contributed by atoms with Crippen LogP contribution in [0.25, 0.3) is 10.2 Å². The van der Waals surface area contributed by atoms with Gasteiger partial charge in [-0.25, -0.2) is 15.0 Å². The molecule has 6 heteroatoms. The predicted octanol–water partition coefficient (Wildman–Crippen LogP) is 4.33. The Labute approximate surface area is 125 Å². The van der Waals surface area contributed by atoms with Crippen molar-refractivity contribution >= 4 is 38.7 Å². The molecule has 1 atom stereocenters. The van der Waals surface area contributed by atoms with Gasteiger partial charge in [0.25, 0.3) is 0 Å². The van der Waals surface area contributed by atoms with Crippen molar-refractivity contribution in [2.45, 2.75) is 33.2 Å². The molecule has 104 valence electrons. The summed E-state index contributed by atoms with van der Waals surface area (Å²) >= 11 is 3.40. The summed E-state index contributed by atoms with van der Waals surface area (Å²) < 4.78 is 0. The molecular weight excluding hydrogens is 288 g/mol. The first-order chi connectivity index (χ1) is 9.70. The summed E-state index contributed by atoms with van der Waals surface area (Å²) in [5.41, 5.74) is 1.27. The molecule has 0 saturated heterocycles. The van der Waals surface area contributed by atoms with E-state index in [1.165, 1.54) is 10.4 Å². The van der Waals surface area contributed by atoms with Gasteiger partial charge in [0, 0.05) is 16.5 Å². The highest BCUT2D eigenvalue weighted by Crippen LogP contribution is 2.34. The van der Waals surface area contributed by atoms with Crippen molar-refractivity contribution < 1.29 is 0 Å². The van der Waals surface area contributed by atoms with Gasteiger partial charge in [-0.2, -0.15) is 0 Å². The van der Waals surface area contributed by atoms with Crippen LogP contribution in [0.1, 0.15) is 34.8 Å². The van der Waals surface area contributed by atoms with E-state index < -0.39 is 0 Å². The number of nitrogens with zero attached hydrogens (tertiary/aromatic N) is 3. The fourth-order valence-corrected chi connectivity index (χ4v) is 3.97. The lowest BCUT2D eigenvalue weighted by Gasteiger charge is -2.15. The number of aryl methyl sites for hydroxylation is 2. The van der Waals surface area contributed by atoms with Gasteiger partial charge in [0.05, 0.1) is 11.4 Å². The minimum absolute atomic E-state index is 0.202. The summed E-state index contributed by atoms with van der Waals surface area (Å²) in [6.45, 7) is 6.42. The maximum atomic E-state index is 4.44. The molecule has 0 spiro atoms. The van der Waals surface area contributed by atoms with Gasteiger partial charge >= 0.3 is 0 Å². The van der Waals surface area contributed by atoms with Crippen LogP contribution in [0.4, 0.5) is 5.82 Å². The average molecular weight is 304 g/mol. The number of thiazole rings is 1. The van der Waals surface area contributed by atoms with Crippen LogP contribution < -0.4 is 5.32 Å². The fraction of sp³-hybridized carbons (Fsp3) is 0.357. The smallest absolute Gasteiger partial charge is 0.139 e. The number of nitrogens with one attached hydrogen (secondary N) is 1. The van der Waals surface area contributed by atoms with Crippen molar-refractivity contribution in [1.29, 1.82) is 0 Å². The van der Waals surface area contributed by atoms with Gasteiger partial charge in [-0.05, 0) is 25.8 Å². The molecule has 1 N–H and O–H groups in total. The van der Waals surface area contributed by atoms with Crippen molar-refractivity contribution in [2.24, 2.45) is 0 Å². The summed E-state index contributed by atoms with van der Waals surface area (Å²) in [4.78, 5) is 15.6. The maximum Gasteiger partial charge on any atom is 0.139 e. The summed E-state index contributed by atoms with van der Waals surface area (Å²) in [5, 5.41) is 7.79. The molecular formula is C14H16N4S2. The Kier molecular flexibility index (Phi) is 3.67. The molecule has 20 heavy (non-hydrogen) atoms. The van der Waals surface area contributed by atoms with Crippen LogP contribution in [-0.2, 0) is 0 Å². The highest BCUT2D eigenvalue weighted by atomic mass is 32.1. The molecule has 0 aromatic carbocycles. The van der Waals surface area contributed by atoms with Gasteiger partial charge in [-0.1, -0.05) is 6.92 Å². The summed E-state index contributed by atoms with van der Waals surface area (Å²) in [6.07, 6.45) is 4.45. The Bertz CT molecular complexity index is 718. The summed E-state index contributed by atoms with van der Waals surface area (Å²) in [7, 11) is 0. The van der Waals surface area contributed by atoms with Crippen molar-refractivity contribution in [1.82, 2.24) is 15.0 Å². The van der Waals surface area contributed by atoms with Crippen LogP contribution in [0.5, 0.6) is 0 Å². The van der Waals surface area contributed by atoms with E-state index >= 15 is 0 Å². The molecule has 0 radical (unpaired) electrons. The molecule has 3 rings (SSSR count). The van der Waals surface area contributed by atoms with Crippen LogP contribution in [0.2, 0.25) is 0 Å². The van der Waals surface area contributed by atoms with Gasteiger partial charge in [0.1, 0.15) is 22.0 Å². The molecule has 3 heterocycles. The number of hydrogen-bond donors (Lipinski definition) is 1. The predicted molar refractivity (Wildman–Crippen MR) is 85.7 cm³/mol. The van der Waals surface area contributed by atoms with E-state index in [0.717, 1.165) is 27.5 Å². The third kappa shape index (κ3) is 2.29. The maximum absolute atomic E-state index is 4.44. The van der Waals surface area contributed by atoms with E-state index in [1.54, 1.807) is 29.0 Å². The van der Waals surface area contributed by atoms with Crippen LogP contribution >= 0.6 is 22.7 Å². The highest BCUT2D eigenvalue weighted by Gasteiger charge is 2.17. The van der Waals surface area contributed by atoms with Crippen LogP contribution in [0.15, 0.2) is 17.9 Å². The van der Waals surface area contributed by atoms with Gasteiger partial charge in [-0.15, -0.1) is 22.7 Å². The Morgan fingerprint density at radius 1 is 1.25 bits per heavy atom. The lowest BCUT2D eigenvalue weighted by molar-refractivity contribution is 0.738. The lowest BCUT2D eigenvalue weighted by Crippen LogP contribution is -2.11. The zero-order valence-electron chi connectivity index (χ0n) is 11.7. The zero-order chi connectivity index (χ0) is 14.1. The van der Waals surface area contributed by atoms with Crippen molar-refractivity contribution in [3.63, 3.8) is 0 Å². The molecule has 0 saturated carbocycles. The Hall–Kier alpha value is -1.53. The largest absolute Gasteiger partial charge is 0.360 e. The first-order valence-electron chi connectivity index (χ1n) is 6.57. The Morgan fingerprint density at radius 3 is 2.80 bits per heavy atom. The highest BCUT2D eigenvalue weighted by molar-refractivity contribution is 7.18. The first kappa shape index (κ1) is 13.5. The Balaban J connectivity index is 2.02. The third-order valence-electron chi connectivity index (χ3n) is 3.43. The van der Waals surface area contributed by atoms with E-state index in [0.29, 0.717) is 0 Å². The second-order valence-corrected chi connectivity index (χ2v) is 6.79. The van der Waals surface area contributed by atoms with Crippen molar-refractivity contribution in [3.8, 4) is 0 Å². The second-order valence-electron chi connectivity index (χ2n) is 4.66. The molecule has 0 aliphatic carbocycles. The number of anilines is 1. The third-order valence-corrected chi connectivity index (χ3v) is 5.44. The monoisotopic (exact) mass is 304 g/mol. The van der Waals surface area contributed by atoms with Crippen LogP contribution in [0, 0.1) is 13.8 Å². The zero-order valence-corrected chi connectivity index (χ0v) is 13.3. The van der Waals surface area contributed by atoms with Gasteiger partial charge in [0.2, 0.25) is 0 Å². The second kappa shape index (κ2) is 5.46. The SMILES string of the molecule is CCC(Nc1ncnc2sc(C)c(C)c12)c1nccs1. The number of rotatable bonds is 4. The van der Waals surface area contributed by atoms with Gasteiger partial charge in [0.15, 0.2) is 0 Å². The summed E-state index contributed by atoms with van der Waals surface area (Å²) in [5.74, 6) is 0.916. The lowest BCUT2D eigenvalue weighted by atomic mass is 10.2. The molecule has 0 bridgehead atoms. The number of hydrogen-bond acceptors (Lipinski definition) is 6. The molecule has 0 amide bonds. The normalized spacial score (nSPS) is 12.8. The van der Waals surface area contributed by atoms with Crippen molar-refractivity contribution in [2.75, 3.05) is 5.32 Å². The van der Waals surface area contributed by atoms with Gasteiger partial charge in [-0.3, -0.25) is 0 Å². The number of aromatic nitrogens is 3. The van der Waals surface area contributed by atoms with E-state index in [1.807, 2.05) is 11.6 Å². The number of fused-ring (bicyclic) bond motifs is 1. The topological polar surface area (TPSA) is 50.7 Å². The van der Waals surface area contributed by atoms with E-state index in [2.05, 4.69) is 41.0 Å². The van der Waals surface area contributed by atoms with Crippen molar-refractivity contribution in [3.05, 3.63) is 33.4 Å². The minimum Gasteiger partial charge on any atom is -0.360 e. The van der Waals surface area contributed by atoms with E-state index in [9.17, 15) is 0 Å². The molecule has 0 aliphatic rings. The molecule has 3 aromatic rings. The molecule has 3 aromatic heterocycles. The average Bonchev–Trinajstić information content (AvgIpc) is 3.06. The van der Waals surface area contributed by atoms with E-state index in [-0.39, 0.29) is 6.04 Å².